The van der Waals surface area contributed by atoms with Gasteiger partial charge in [-0.15, -0.1) is 0 Å². The minimum absolute atomic E-state index is 0.00460. The van der Waals surface area contributed by atoms with E-state index in [0.29, 0.717) is 5.02 Å². The number of hydrogen-bond donors (Lipinski definition) is 1. The molecule has 0 aromatic heterocycles. The summed E-state index contributed by atoms with van der Waals surface area (Å²) >= 11 is 6.03. The zero-order valence-electron chi connectivity index (χ0n) is 22.6. The summed E-state index contributed by atoms with van der Waals surface area (Å²) < 4.78 is 43.1. The number of anilines is 1. The molecule has 1 atom stereocenters. The topological polar surface area (TPSA) is 86.8 Å². The van der Waals surface area contributed by atoms with E-state index in [1.54, 1.807) is 39.0 Å². The number of nitrogens with zero attached hydrogens (tertiary/aromatic N) is 2. The van der Waals surface area contributed by atoms with Crippen LogP contribution in [0.1, 0.15) is 38.8 Å². The largest absolute Gasteiger partial charge is 0.350 e. The van der Waals surface area contributed by atoms with Crippen LogP contribution in [-0.2, 0) is 26.2 Å². The van der Waals surface area contributed by atoms with Gasteiger partial charge in [-0.2, -0.15) is 0 Å². The van der Waals surface area contributed by atoms with E-state index in [0.717, 1.165) is 9.87 Å². The summed E-state index contributed by atoms with van der Waals surface area (Å²) in [6.07, 6.45) is 0. The lowest BCUT2D eigenvalue weighted by molar-refractivity contribution is -0.140. The SMILES string of the molecule is Cc1ccc(S(=O)(=O)N(CC(=O)N(Cc2ccccc2F)C(C)C(=O)NC(C)(C)C)c2ccc(Cl)cc2)cc1. The van der Waals surface area contributed by atoms with Gasteiger partial charge in [0.25, 0.3) is 10.0 Å². The van der Waals surface area contributed by atoms with Crippen LogP contribution in [0.15, 0.2) is 77.7 Å². The van der Waals surface area contributed by atoms with Crippen molar-refractivity contribution in [1.82, 2.24) is 10.2 Å². The first-order valence-corrected chi connectivity index (χ1v) is 14.2. The van der Waals surface area contributed by atoms with E-state index >= 15 is 0 Å². The van der Waals surface area contributed by atoms with E-state index in [2.05, 4.69) is 5.32 Å². The summed E-state index contributed by atoms with van der Waals surface area (Å²) in [5, 5.41) is 3.23. The molecule has 10 heteroatoms. The number of amides is 2. The highest BCUT2D eigenvalue weighted by atomic mass is 35.5. The van der Waals surface area contributed by atoms with Gasteiger partial charge in [0.15, 0.2) is 0 Å². The van der Waals surface area contributed by atoms with Crippen LogP contribution in [0.4, 0.5) is 10.1 Å². The Morgan fingerprint density at radius 1 is 0.974 bits per heavy atom. The van der Waals surface area contributed by atoms with Crippen LogP contribution >= 0.6 is 11.6 Å². The summed E-state index contributed by atoms with van der Waals surface area (Å²) in [7, 11) is -4.20. The van der Waals surface area contributed by atoms with Gasteiger partial charge in [0, 0.05) is 22.7 Å². The van der Waals surface area contributed by atoms with E-state index in [9.17, 15) is 22.4 Å². The zero-order valence-corrected chi connectivity index (χ0v) is 24.2. The third kappa shape index (κ3) is 7.80. The Morgan fingerprint density at radius 3 is 2.13 bits per heavy atom. The maximum Gasteiger partial charge on any atom is 0.264 e. The van der Waals surface area contributed by atoms with Gasteiger partial charge in [0.2, 0.25) is 11.8 Å². The highest BCUT2D eigenvalue weighted by molar-refractivity contribution is 7.92. The lowest BCUT2D eigenvalue weighted by atomic mass is 10.1. The van der Waals surface area contributed by atoms with Crippen molar-refractivity contribution in [3.63, 3.8) is 0 Å². The predicted molar refractivity (Wildman–Crippen MR) is 151 cm³/mol. The van der Waals surface area contributed by atoms with Crippen LogP contribution in [-0.4, -0.2) is 43.3 Å². The van der Waals surface area contributed by atoms with E-state index < -0.39 is 45.8 Å². The number of rotatable bonds is 9. The normalized spacial score (nSPS) is 12.5. The van der Waals surface area contributed by atoms with Gasteiger partial charge < -0.3 is 10.2 Å². The third-order valence-electron chi connectivity index (χ3n) is 5.97. The summed E-state index contributed by atoms with van der Waals surface area (Å²) in [4.78, 5) is 28.1. The van der Waals surface area contributed by atoms with Crippen molar-refractivity contribution in [3.8, 4) is 0 Å². The Morgan fingerprint density at radius 2 is 1.56 bits per heavy atom. The highest BCUT2D eigenvalue weighted by Crippen LogP contribution is 2.26. The second-order valence-electron chi connectivity index (χ2n) is 10.3. The Balaban J connectivity index is 2.04. The van der Waals surface area contributed by atoms with Crippen LogP contribution in [0.2, 0.25) is 5.02 Å². The molecule has 0 aliphatic carbocycles. The molecule has 0 heterocycles. The number of benzene rings is 3. The highest BCUT2D eigenvalue weighted by Gasteiger charge is 2.33. The van der Waals surface area contributed by atoms with Crippen LogP contribution in [0, 0.1) is 12.7 Å². The fraction of sp³-hybridized carbons (Fsp3) is 0.310. The Kier molecular flexibility index (Phi) is 9.40. The first kappa shape index (κ1) is 30.1. The van der Waals surface area contributed by atoms with Crippen LogP contribution in [0.3, 0.4) is 0 Å². The van der Waals surface area contributed by atoms with E-state index in [4.69, 9.17) is 11.6 Å². The number of sulfonamides is 1. The maximum atomic E-state index is 14.6. The van der Waals surface area contributed by atoms with Crippen molar-refractivity contribution in [1.29, 1.82) is 0 Å². The van der Waals surface area contributed by atoms with Crippen molar-refractivity contribution in [2.45, 2.75) is 57.6 Å². The van der Waals surface area contributed by atoms with Crippen molar-refractivity contribution in [2.75, 3.05) is 10.8 Å². The van der Waals surface area contributed by atoms with Gasteiger partial charge in [0.1, 0.15) is 18.4 Å². The van der Waals surface area contributed by atoms with E-state index in [1.807, 2.05) is 6.92 Å². The molecule has 0 aliphatic heterocycles. The minimum Gasteiger partial charge on any atom is -0.350 e. The second kappa shape index (κ2) is 12.2. The number of aryl methyl sites for hydroxylation is 1. The van der Waals surface area contributed by atoms with Crippen LogP contribution < -0.4 is 9.62 Å². The number of halogens is 2. The molecule has 0 radical (unpaired) electrons. The molecule has 7 nitrogen and oxygen atoms in total. The number of carbonyl (C=O) groups is 2. The van der Waals surface area contributed by atoms with E-state index in [1.165, 1.54) is 66.4 Å². The first-order chi connectivity index (χ1) is 18.2. The van der Waals surface area contributed by atoms with E-state index in [-0.39, 0.29) is 22.7 Å². The monoisotopic (exact) mass is 573 g/mol. The molecule has 1 unspecified atom stereocenters. The van der Waals surface area contributed by atoms with Gasteiger partial charge in [-0.1, -0.05) is 47.5 Å². The molecule has 0 spiro atoms. The molecule has 39 heavy (non-hydrogen) atoms. The van der Waals surface area contributed by atoms with Crippen molar-refractivity contribution in [3.05, 3.63) is 94.8 Å². The third-order valence-corrected chi connectivity index (χ3v) is 8.01. The van der Waals surface area contributed by atoms with Crippen molar-refractivity contribution < 1.29 is 22.4 Å². The van der Waals surface area contributed by atoms with Gasteiger partial charge in [-0.05, 0) is 77.1 Å². The lowest BCUT2D eigenvalue weighted by Gasteiger charge is -2.33. The van der Waals surface area contributed by atoms with Gasteiger partial charge in [0.05, 0.1) is 10.6 Å². The Bertz CT molecular complexity index is 1420. The molecule has 1 N–H and O–H groups in total. The molecule has 0 saturated heterocycles. The lowest BCUT2D eigenvalue weighted by Crippen LogP contribution is -2.54. The number of nitrogens with one attached hydrogen (secondary N) is 1. The minimum atomic E-state index is -4.20. The molecule has 3 aromatic carbocycles. The molecule has 2 amide bonds. The molecule has 0 fully saturated rings. The Labute approximate surface area is 234 Å². The summed E-state index contributed by atoms with van der Waals surface area (Å²) in [5.74, 6) is -1.67. The fourth-order valence-electron chi connectivity index (χ4n) is 3.84. The summed E-state index contributed by atoms with van der Waals surface area (Å²) in [5.41, 5.74) is 0.701. The maximum absolute atomic E-state index is 14.6. The molecule has 0 bridgehead atoms. The van der Waals surface area contributed by atoms with Gasteiger partial charge in [-0.3, -0.25) is 13.9 Å². The molecule has 208 valence electrons. The average molecular weight is 574 g/mol. The standard InChI is InChI=1S/C29H33ClFN3O4S/c1-20-10-16-25(17-11-20)39(37,38)34(24-14-12-23(30)13-15-24)19-27(35)33(18-22-8-6-7-9-26(22)31)21(2)28(36)32-29(3,4)5/h6-17,21H,18-19H2,1-5H3,(H,32,36). The van der Waals surface area contributed by atoms with Crippen molar-refractivity contribution in [2.24, 2.45) is 0 Å². The van der Waals surface area contributed by atoms with Crippen molar-refractivity contribution >= 4 is 39.1 Å². The van der Waals surface area contributed by atoms with Crippen LogP contribution in [0.5, 0.6) is 0 Å². The summed E-state index contributed by atoms with van der Waals surface area (Å²) in [6.45, 7) is 7.91. The molecule has 0 aliphatic rings. The zero-order chi connectivity index (χ0) is 29.0. The summed E-state index contributed by atoms with van der Waals surface area (Å²) in [6, 6.07) is 17.2. The second-order valence-corrected chi connectivity index (χ2v) is 12.6. The molecule has 0 saturated carbocycles. The predicted octanol–water partition coefficient (Wildman–Crippen LogP) is 5.31. The number of hydrogen-bond acceptors (Lipinski definition) is 4. The van der Waals surface area contributed by atoms with Gasteiger partial charge >= 0.3 is 0 Å². The first-order valence-electron chi connectivity index (χ1n) is 12.4. The van der Waals surface area contributed by atoms with Crippen LogP contribution in [0.25, 0.3) is 0 Å². The average Bonchev–Trinajstić information content (AvgIpc) is 2.86. The smallest absolute Gasteiger partial charge is 0.264 e. The quantitative estimate of drug-likeness (QED) is 0.376. The molecule has 3 aromatic rings. The number of carbonyl (C=O) groups excluding carboxylic acids is 2. The Hall–Kier alpha value is -3.43. The molecule has 3 rings (SSSR count). The fourth-order valence-corrected chi connectivity index (χ4v) is 5.38. The molecular formula is C29H33ClFN3O4S. The van der Waals surface area contributed by atoms with Gasteiger partial charge in [-0.25, -0.2) is 12.8 Å². The molecular weight excluding hydrogens is 541 g/mol.